The summed E-state index contributed by atoms with van der Waals surface area (Å²) in [4.78, 5) is 11.0. The number of nitrogens with zero attached hydrogens (tertiary/aromatic N) is 4. The summed E-state index contributed by atoms with van der Waals surface area (Å²) in [7, 11) is 1.67. The van der Waals surface area contributed by atoms with Crippen LogP contribution < -0.4 is 5.32 Å². The van der Waals surface area contributed by atoms with E-state index in [0.717, 1.165) is 0 Å². The van der Waals surface area contributed by atoms with Crippen LogP contribution in [0.4, 0.5) is 10.2 Å². The average Bonchev–Trinajstić information content (AvgIpc) is 2.69. The highest BCUT2D eigenvalue weighted by Crippen LogP contribution is 2.09. The number of halogens is 1. The third-order valence-corrected chi connectivity index (χ3v) is 1.71. The lowest BCUT2D eigenvalue weighted by molar-refractivity contribution is 0.537. The van der Waals surface area contributed by atoms with E-state index in [2.05, 4.69) is 20.3 Å². The lowest BCUT2D eigenvalue weighted by atomic mass is 10.5. The van der Waals surface area contributed by atoms with Crippen molar-refractivity contribution in [2.24, 2.45) is 0 Å². The van der Waals surface area contributed by atoms with Crippen LogP contribution in [0.25, 0.3) is 5.82 Å². The van der Waals surface area contributed by atoms with E-state index in [0.29, 0.717) is 11.6 Å². The number of imidazole rings is 1. The minimum atomic E-state index is -0.763. The number of hydrogen-bond acceptors (Lipinski definition) is 4. The van der Waals surface area contributed by atoms with Gasteiger partial charge in [-0.3, -0.25) is 4.57 Å². The van der Waals surface area contributed by atoms with E-state index in [9.17, 15) is 4.39 Å². The van der Waals surface area contributed by atoms with Crippen LogP contribution in [0.15, 0.2) is 24.8 Å². The molecule has 2 rings (SSSR count). The van der Waals surface area contributed by atoms with E-state index in [1.54, 1.807) is 36.4 Å². The Bertz CT molecular complexity index is 425. The van der Waals surface area contributed by atoms with Crippen molar-refractivity contribution >= 4 is 5.82 Å². The molecule has 0 saturated carbocycles. The molecule has 1 N–H and O–H groups in total. The van der Waals surface area contributed by atoms with Gasteiger partial charge in [-0.25, -0.2) is 4.98 Å². The molecule has 2 heterocycles. The van der Waals surface area contributed by atoms with Crippen LogP contribution in [-0.2, 0) is 0 Å². The second kappa shape index (κ2) is 3.41. The fourth-order valence-corrected chi connectivity index (χ4v) is 1.06. The summed E-state index contributed by atoms with van der Waals surface area (Å²) in [5, 5.41) is 2.75. The van der Waals surface area contributed by atoms with E-state index in [1.165, 1.54) is 0 Å². The van der Waals surface area contributed by atoms with Crippen LogP contribution in [-0.4, -0.2) is 26.6 Å². The summed E-state index contributed by atoms with van der Waals surface area (Å²) < 4.78 is 14.5. The molecule has 72 valence electrons. The molecule has 0 aliphatic heterocycles. The van der Waals surface area contributed by atoms with Gasteiger partial charge in [0, 0.05) is 25.5 Å². The standard InChI is InChI=1S/C8H8FN5/c1-10-6-4-7(13-8(9)12-6)14-3-2-11-5-14/h2-5H,1H3,(H,10,12,13). The van der Waals surface area contributed by atoms with E-state index in [4.69, 9.17) is 0 Å². The molecule has 0 radical (unpaired) electrons. The zero-order valence-corrected chi connectivity index (χ0v) is 7.48. The molecule has 14 heavy (non-hydrogen) atoms. The van der Waals surface area contributed by atoms with Crippen molar-refractivity contribution in [3.8, 4) is 5.82 Å². The molecule has 0 unspecified atom stereocenters. The first kappa shape index (κ1) is 8.61. The fraction of sp³-hybridized carbons (Fsp3) is 0.125. The number of hydrogen-bond donors (Lipinski definition) is 1. The van der Waals surface area contributed by atoms with Gasteiger partial charge < -0.3 is 5.32 Å². The minimum Gasteiger partial charge on any atom is -0.373 e. The molecule has 2 aromatic rings. The van der Waals surface area contributed by atoms with Gasteiger partial charge in [0.15, 0.2) is 0 Å². The van der Waals surface area contributed by atoms with Gasteiger partial charge in [0.2, 0.25) is 0 Å². The zero-order valence-electron chi connectivity index (χ0n) is 7.48. The highest BCUT2D eigenvalue weighted by molar-refractivity contribution is 5.39. The van der Waals surface area contributed by atoms with Crippen molar-refractivity contribution in [3.63, 3.8) is 0 Å². The number of nitrogens with one attached hydrogen (secondary N) is 1. The summed E-state index contributed by atoms with van der Waals surface area (Å²) in [5.41, 5.74) is 0. The molecule has 2 aromatic heterocycles. The van der Waals surface area contributed by atoms with E-state index in [1.807, 2.05) is 0 Å². The first-order valence-electron chi connectivity index (χ1n) is 4.00. The van der Waals surface area contributed by atoms with E-state index >= 15 is 0 Å². The van der Waals surface area contributed by atoms with Gasteiger partial charge in [-0.15, -0.1) is 0 Å². The van der Waals surface area contributed by atoms with Gasteiger partial charge >= 0.3 is 6.08 Å². The van der Waals surface area contributed by atoms with Crippen molar-refractivity contribution in [1.29, 1.82) is 0 Å². The van der Waals surface area contributed by atoms with Crippen LogP contribution in [0.1, 0.15) is 0 Å². The number of aromatic nitrogens is 4. The maximum Gasteiger partial charge on any atom is 0.312 e. The molecular formula is C8H8FN5. The number of anilines is 1. The van der Waals surface area contributed by atoms with Gasteiger partial charge in [-0.05, 0) is 0 Å². The molecule has 0 amide bonds. The van der Waals surface area contributed by atoms with Crippen LogP contribution >= 0.6 is 0 Å². The summed E-state index contributed by atoms with van der Waals surface area (Å²) in [5.74, 6) is 0.876. The molecule has 6 heteroatoms. The molecule has 0 spiro atoms. The Morgan fingerprint density at radius 3 is 2.93 bits per heavy atom. The van der Waals surface area contributed by atoms with Crippen molar-refractivity contribution < 1.29 is 4.39 Å². The quantitative estimate of drug-likeness (QED) is 0.718. The van der Waals surface area contributed by atoms with Crippen LogP contribution in [0.2, 0.25) is 0 Å². The largest absolute Gasteiger partial charge is 0.373 e. The topological polar surface area (TPSA) is 55.6 Å². The van der Waals surface area contributed by atoms with Gasteiger partial charge in [0.05, 0.1) is 0 Å². The normalized spacial score (nSPS) is 10.1. The Hall–Kier alpha value is -1.98. The third-order valence-electron chi connectivity index (χ3n) is 1.71. The van der Waals surface area contributed by atoms with Crippen molar-refractivity contribution in [2.75, 3.05) is 12.4 Å². The molecule has 0 bridgehead atoms. The highest BCUT2D eigenvalue weighted by atomic mass is 19.1. The maximum atomic E-state index is 12.9. The fourth-order valence-electron chi connectivity index (χ4n) is 1.06. The molecular weight excluding hydrogens is 185 g/mol. The number of rotatable bonds is 2. The summed E-state index contributed by atoms with van der Waals surface area (Å²) in [6, 6.07) is 1.63. The maximum absolute atomic E-state index is 12.9. The van der Waals surface area contributed by atoms with Gasteiger partial charge in [0.25, 0.3) is 0 Å². The van der Waals surface area contributed by atoms with Gasteiger partial charge in [-0.1, -0.05) is 0 Å². The zero-order chi connectivity index (χ0) is 9.97. The Balaban J connectivity index is 2.48. The van der Waals surface area contributed by atoms with Gasteiger partial charge in [0.1, 0.15) is 18.0 Å². The van der Waals surface area contributed by atoms with E-state index in [-0.39, 0.29) is 0 Å². The molecule has 0 fully saturated rings. The minimum absolute atomic E-state index is 0.432. The van der Waals surface area contributed by atoms with Gasteiger partial charge in [-0.2, -0.15) is 14.4 Å². The first-order valence-corrected chi connectivity index (χ1v) is 4.00. The molecule has 0 aliphatic rings. The predicted octanol–water partition coefficient (Wildman–Crippen LogP) is 0.843. The van der Waals surface area contributed by atoms with Crippen molar-refractivity contribution in [1.82, 2.24) is 19.5 Å². The highest BCUT2D eigenvalue weighted by Gasteiger charge is 2.03. The Kier molecular flexibility index (Phi) is 2.10. The van der Waals surface area contributed by atoms with Crippen molar-refractivity contribution in [2.45, 2.75) is 0 Å². The van der Waals surface area contributed by atoms with Crippen LogP contribution in [0.3, 0.4) is 0 Å². The second-order valence-corrected chi connectivity index (χ2v) is 2.60. The van der Waals surface area contributed by atoms with Crippen LogP contribution in [0.5, 0.6) is 0 Å². The Labute approximate surface area is 79.6 Å². The molecule has 5 nitrogen and oxygen atoms in total. The monoisotopic (exact) mass is 193 g/mol. The predicted molar refractivity (Wildman–Crippen MR) is 48.7 cm³/mol. The average molecular weight is 193 g/mol. The smallest absolute Gasteiger partial charge is 0.312 e. The summed E-state index contributed by atoms with van der Waals surface area (Å²) >= 11 is 0. The Morgan fingerprint density at radius 2 is 2.29 bits per heavy atom. The van der Waals surface area contributed by atoms with E-state index < -0.39 is 6.08 Å². The SMILES string of the molecule is CNc1cc(-n2ccnc2)nc(F)n1. The molecule has 0 saturated heterocycles. The molecule has 0 aromatic carbocycles. The first-order chi connectivity index (χ1) is 6.79. The molecule has 0 atom stereocenters. The molecule has 0 aliphatic carbocycles. The Morgan fingerprint density at radius 1 is 1.43 bits per heavy atom. The summed E-state index contributed by atoms with van der Waals surface area (Å²) in [6.45, 7) is 0. The lowest BCUT2D eigenvalue weighted by Crippen LogP contribution is -2.02. The van der Waals surface area contributed by atoms with Crippen LogP contribution in [0, 0.1) is 6.08 Å². The third kappa shape index (κ3) is 1.54. The second-order valence-electron chi connectivity index (χ2n) is 2.60. The lowest BCUT2D eigenvalue weighted by Gasteiger charge is -2.03. The summed E-state index contributed by atoms with van der Waals surface area (Å²) in [6.07, 6.45) is 4.06. The van der Waals surface area contributed by atoms with Crippen molar-refractivity contribution in [3.05, 3.63) is 30.9 Å².